The minimum Gasteiger partial charge on any atom is -0.493 e. The van der Waals surface area contributed by atoms with E-state index in [0.717, 1.165) is 11.3 Å². The van der Waals surface area contributed by atoms with E-state index in [1.807, 2.05) is 24.3 Å². The molecule has 0 aromatic heterocycles. The highest BCUT2D eigenvalue weighted by Crippen LogP contribution is 2.28. The van der Waals surface area contributed by atoms with Crippen LogP contribution in [-0.4, -0.2) is 19.3 Å². The number of carbonyl (C=O) groups excluding carboxylic acids is 1. The third kappa shape index (κ3) is 4.61. The molecule has 4 nitrogen and oxygen atoms in total. The van der Waals surface area contributed by atoms with Crippen molar-refractivity contribution in [3.05, 3.63) is 89.0 Å². The van der Waals surface area contributed by atoms with Gasteiger partial charge >= 0.3 is 5.97 Å². The summed E-state index contributed by atoms with van der Waals surface area (Å²) in [5, 5.41) is 0. The minimum atomic E-state index is -0.426. The fraction of sp³-hybridized carbons (Fsp3) is 0.130. The molecular weight excluding hydrogens is 338 g/mol. The van der Waals surface area contributed by atoms with Crippen molar-refractivity contribution in [2.75, 3.05) is 7.11 Å². The van der Waals surface area contributed by atoms with Gasteiger partial charge in [-0.3, -0.25) is 4.99 Å². The van der Waals surface area contributed by atoms with Crippen LogP contribution in [-0.2, 0) is 0 Å². The Labute approximate surface area is 159 Å². The third-order valence-corrected chi connectivity index (χ3v) is 4.25. The van der Waals surface area contributed by atoms with Gasteiger partial charge in [-0.2, -0.15) is 0 Å². The zero-order valence-electron chi connectivity index (χ0n) is 15.6. The average Bonchev–Trinajstić information content (AvgIpc) is 2.70. The van der Waals surface area contributed by atoms with Gasteiger partial charge < -0.3 is 9.47 Å². The Morgan fingerprint density at radius 1 is 0.889 bits per heavy atom. The second-order valence-corrected chi connectivity index (χ2v) is 6.19. The summed E-state index contributed by atoms with van der Waals surface area (Å²) in [6.07, 6.45) is 1.76. The molecule has 0 atom stereocenters. The van der Waals surface area contributed by atoms with Crippen LogP contribution in [0.4, 0.5) is 5.69 Å². The van der Waals surface area contributed by atoms with E-state index in [2.05, 4.69) is 24.9 Å². The number of ether oxygens (including phenoxy) is 2. The van der Waals surface area contributed by atoms with Crippen molar-refractivity contribution in [1.29, 1.82) is 0 Å². The van der Waals surface area contributed by atoms with E-state index in [9.17, 15) is 4.79 Å². The van der Waals surface area contributed by atoms with Gasteiger partial charge in [-0.15, -0.1) is 0 Å². The predicted molar refractivity (Wildman–Crippen MR) is 108 cm³/mol. The molecule has 3 aromatic rings. The van der Waals surface area contributed by atoms with Crippen LogP contribution in [0.25, 0.3) is 0 Å². The molecule has 0 heterocycles. The Morgan fingerprint density at radius 2 is 1.67 bits per heavy atom. The lowest BCUT2D eigenvalue weighted by Gasteiger charge is -2.10. The highest BCUT2D eigenvalue weighted by atomic mass is 16.6. The fourth-order valence-corrected chi connectivity index (χ4v) is 2.54. The molecule has 4 heteroatoms. The number of hydrogen-bond acceptors (Lipinski definition) is 4. The SMILES string of the molecule is COc1cc(C=Nc2ccc(C)c(C)c2)ccc1OC(=O)c1ccccc1. The van der Waals surface area contributed by atoms with Crippen molar-refractivity contribution >= 4 is 17.9 Å². The molecule has 0 N–H and O–H groups in total. The van der Waals surface area contributed by atoms with Crippen LogP contribution in [0.5, 0.6) is 11.5 Å². The first-order valence-corrected chi connectivity index (χ1v) is 8.63. The summed E-state index contributed by atoms with van der Waals surface area (Å²) in [6.45, 7) is 4.14. The van der Waals surface area contributed by atoms with E-state index in [0.29, 0.717) is 17.1 Å². The molecule has 0 amide bonds. The Hall–Kier alpha value is -3.40. The summed E-state index contributed by atoms with van der Waals surface area (Å²) in [5.41, 5.74) is 4.66. The maximum absolute atomic E-state index is 12.2. The van der Waals surface area contributed by atoms with Gasteiger partial charge in [0.1, 0.15) is 0 Å². The number of rotatable bonds is 5. The molecule has 0 fully saturated rings. The molecule has 0 aliphatic rings. The van der Waals surface area contributed by atoms with Crippen LogP contribution in [0, 0.1) is 13.8 Å². The molecule has 0 radical (unpaired) electrons. The number of esters is 1. The van der Waals surface area contributed by atoms with Gasteiger partial charge in [0.25, 0.3) is 0 Å². The first-order chi connectivity index (χ1) is 13.1. The van der Waals surface area contributed by atoms with Gasteiger partial charge in [0.2, 0.25) is 0 Å². The topological polar surface area (TPSA) is 47.9 Å². The highest BCUT2D eigenvalue weighted by Gasteiger charge is 2.12. The number of aliphatic imine (C=N–C) groups is 1. The third-order valence-electron chi connectivity index (χ3n) is 4.25. The van der Waals surface area contributed by atoms with Crippen LogP contribution >= 0.6 is 0 Å². The molecule has 3 aromatic carbocycles. The summed E-state index contributed by atoms with van der Waals surface area (Å²) in [4.78, 5) is 16.7. The minimum absolute atomic E-state index is 0.370. The molecule has 0 saturated carbocycles. The number of nitrogens with zero attached hydrogens (tertiary/aromatic N) is 1. The maximum Gasteiger partial charge on any atom is 0.343 e. The first kappa shape index (κ1) is 18.4. The van der Waals surface area contributed by atoms with E-state index in [-0.39, 0.29) is 0 Å². The molecule has 0 saturated heterocycles. The smallest absolute Gasteiger partial charge is 0.343 e. The Morgan fingerprint density at radius 3 is 2.37 bits per heavy atom. The summed E-state index contributed by atoms with van der Waals surface area (Å²) in [5.74, 6) is 0.420. The lowest BCUT2D eigenvalue weighted by Crippen LogP contribution is -2.09. The molecule has 0 aliphatic carbocycles. The van der Waals surface area contributed by atoms with E-state index in [4.69, 9.17) is 9.47 Å². The monoisotopic (exact) mass is 359 g/mol. The van der Waals surface area contributed by atoms with Crippen molar-refractivity contribution in [2.24, 2.45) is 4.99 Å². The van der Waals surface area contributed by atoms with Gasteiger partial charge in [-0.25, -0.2) is 4.79 Å². The van der Waals surface area contributed by atoms with E-state index >= 15 is 0 Å². The second kappa shape index (κ2) is 8.32. The van der Waals surface area contributed by atoms with Gasteiger partial charge in [0.15, 0.2) is 11.5 Å². The Kier molecular flexibility index (Phi) is 5.67. The fourth-order valence-electron chi connectivity index (χ4n) is 2.54. The zero-order valence-corrected chi connectivity index (χ0v) is 15.6. The van der Waals surface area contributed by atoms with Crippen LogP contribution in [0.1, 0.15) is 27.0 Å². The molecule has 0 bridgehead atoms. The standard InChI is InChI=1S/C23H21NO3/c1-16-9-11-20(13-17(16)2)24-15-18-10-12-21(22(14-18)26-3)27-23(25)19-7-5-4-6-8-19/h4-15H,1-3H3. The Bertz CT molecular complexity index is 978. The van der Waals surface area contributed by atoms with Crippen LogP contribution < -0.4 is 9.47 Å². The molecular formula is C23H21NO3. The van der Waals surface area contributed by atoms with Gasteiger partial charge in [-0.05, 0) is 73.0 Å². The molecule has 0 spiro atoms. The van der Waals surface area contributed by atoms with Gasteiger partial charge in [0, 0.05) is 6.21 Å². The number of methoxy groups -OCH3 is 1. The summed E-state index contributed by atoms with van der Waals surface area (Å²) in [7, 11) is 1.54. The number of aryl methyl sites for hydroxylation is 2. The lowest BCUT2D eigenvalue weighted by atomic mass is 10.1. The van der Waals surface area contributed by atoms with Crippen LogP contribution in [0.15, 0.2) is 71.7 Å². The van der Waals surface area contributed by atoms with Crippen molar-refractivity contribution in [3.8, 4) is 11.5 Å². The predicted octanol–water partition coefficient (Wildman–Crippen LogP) is 5.28. The summed E-state index contributed by atoms with van der Waals surface area (Å²) >= 11 is 0. The molecule has 136 valence electrons. The summed E-state index contributed by atoms with van der Waals surface area (Å²) in [6, 6.07) is 20.3. The zero-order chi connectivity index (χ0) is 19.2. The van der Waals surface area contributed by atoms with Crippen molar-refractivity contribution in [1.82, 2.24) is 0 Å². The van der Waals surface area contributed by atoms with E-state index in [1.54, 1.807) is 49.7 Å². The maximum atomic E-state index is 12.2. The van der Waals surface area contributed by atoms with Gasteiger partial charge in [-0.1, -0.05) is 24.3 Å². The number of carbonyl (C=O) groups is 1. The van der Waals surface area contributed by atoms with E-state index < -0.39 is 5.97 Å². The highest BCUT2D eigenvalue weighted by molar-refractivity contribution is 5.91. The summed E-state index contributed by atoms with van der Waals surface area (Å²) < 4.78 is 10.8. The van der Waals surface area contributed by atoms with Crippen molar-refractivity contribution < 1.29 is 14.3 Å². The van der Waals surface area contributed by atoms with E-state index in [1.165, 1.54) is 11.1 Å². The molecule has 0 aliphatic heterocycles. The van der Waals surface area contributed by atoms with Crippen LogP contribution in [0.2, 0.25) is 0 Å². The molecule has 27 heavy (non-hydrogen) atoms. The normalized spacial score (nSPS) is 10.8. The number of hydrogen-bond donors (Lipinski definition) is 0. The van der Waals surface area contributed by atoms with Crippen molar-refractivity contribution in [3.63, 3.8) is 0 Å². The van der Waals surface area contributed by atoms with Crippen LogP contribution in [0.3, 0.4) is 0 Å². The van der Waals surface area contributed by atoms with Gasteiger partial charge in [0.05, 0.1) is 18.4 Å². The molecule has 0 unspecified atom stereocenters. The Balaban J connectivity index is 1.78. The lowest BCUT2D eigenvalue weighted by molar-refractivity contribution is 0.0729. The average molecular weight is 359 g/mol. The second-order valence-electron chi connectivity index (χ2n) is 6.19. The quantitative estimate of drug-likeness (QED) is 0.354. The first-order valence-electron chi connectivity index (χ1n) is 8.63. The number of benzene rings is 3. The largest absolute Gasteiger partial charge is 0.493 e. The van der Waals surface area contributed by atoms with Crippen molar-refractivity contribution in [2.45, 2.75) is 13.8 Å². The molecule has 3 rings (SSSR count).